The predicted molar refractivity (Wildman–Crippen MR) is 79.6 cm³/mol. The first-order valence-corrected chi connectivity index (χ1v) is 6.99. The molecule has 2 aromatic rings. The molecular weight excluding hydrogens is 284 g/mol. The molecule has 3 rings (SSSR count). The third kappa shape index (κ3) is 2.78. The Bertz CT molecular complexity index is 676. The molecular formula is C15H16N4O3. The quantitative estimate of drug-likeness (QED) is 0.902. The van der Waals surface area contributed by atoms with E-state index in [-0.39, 0.29) is 11.6 Å². The molecule has 0 bridgehead atoms. The molecule has 0 saturated carbocycles. The van der Waals surface area contributed by atoms with Gasteiger partial charge in [-0.15, -0.1) is 0 Å². The molecule has 3 heterocycles. The maximum Gasteiger partial charge on any atom is 0.289 e. The van der Waals surface area contributed by atoms with Crippen molar-refractivity contribution >= 4 is 17.5 Å². The highest BCUT2D eigenvalue weighted by molar-refractivity contribution is 5.92. The largest absolute Gasteiger partial charge is 0.459 e. The van der Waals surface area contributed by atoms with E-state index < -0.39 is 5.91 Å². The summed E-state index contributed by atoms with van der Waals surface area (Å²) >= 11 is 0. The summed E-state index contributed by atoms with van der Waals surface area (Å²) in [5, 5.41) is 0. The normalized spacial score (nSPS) is 14.9. The number of hydrogen-bond donors (Lipinski definition) is 1. The molecule has 1 aliphatic heterocycles. The fraction of sp³-hybridized carbons (Fsp3) is 0.267. The number of primary amides is 1. The number of pyridine rings is 1. The number of anilines is 1. The molecule has 0 unspecified atom stereocenters. The van der Waals surface area contributed by atoms with E-state index in [0.717, 1.165) is 5.69 Å². The molecule has 114 valence electrons. The van der Waals surface area contributed by atoms with Gasteiger partial charge in [-0.3, -0.25) is 14.6 Å². The van der Waals surface area contributed by atoms with Gasteiger partial charge in [0.15, 0.2) is 5.76 Å². The van der Waals surface area contributed by atoms with Crippen LogP contribution in [0.5, 0.6) is 0 Å². The van der Waals surface area contributed by atoms with E-state index >= 15 is 0 Å². The minimum absolute atomic E-state index is 0.0998. The smallest absolute Gasteiger partial charge is 0.289 e. The summed E-state index contributed by atoms with van der Waals surface area (Å²) < 4.78 is 5.14. The summed E-state index contributed by atoms with van der Waals surface area (Å²) in [4.78, 5) is 31.2. The van der Waals surface area contributed by atoms with Crippen LogP contribution in [0.4, 0.5) is 5.69 Å². The number of aromatic nitrogens is 1. The minimum Gasteiger partial charge on any atom is -0.459 e. The maximum atomic E-state index is 12.2. The van der Waals surface area contributed by atoms with Gasteiger partial charge in [0, 0.05) is 38.1 Å². The van der Waals surface area contributed by atoms with E-state index in [1.807, 2.05) is 6.07 Å². The molecule has 1 fully saturated rings. The van der Waals surface area contributed by atoms with Crippen molar-refractivity contribution in [2.45, 2.75) is 0 Å². The van der Waals surface area contributed by atoms with Crippen molar-refractivity contribution in [2.75, 3.05) is 31.1 Å². The molecule has 2 aromatic heterocycles. The van der Waals surface area contributed by atoms with Gasteiger partial charge < -0.3 is 20.0 Å². The van der Waals surface area contributed by atoms with Crippen molar-refractivity contribution in [1.29, 1.82) is 0 Å². The maximum absolute atomic E-state index is 12.2. The van der Waals surface area contributed by atoms with Gasteiger partial charge in [-0.1, -0.05) is 0 Å². The topological polar surface area (TPSA) is 92.7 Å². The van der Waals surface area contributed by atoms with Crippen LogP contribution < -0.4 is 10.6 Å². The zero-order valence-corrected chi connectivity index (χ0v) is 11.9. The number of carbonyl (C=O) groups excluding carboxylic acids is 2. The van der Waals surface area contributed by atoms with Gasteiger partial charge >= 0.3 is 0 Å². The van der Waals surface area contributed by atoms with E-state index in [1.165, 1.54) is 6.26 Å². The van der Waals surface area contributed by atoms with Crippen molar-refractivity contribution in [2.24, 2.45) is 5.73 Å². The second kappa shape index (κ2) is 5.88. The highest BCUT2D eigenvalue weighted by atomic mass is 16.3. The van der Waals surface area contributed by atoms with E-state index in [0.29, 0.717) is 31.9 Å². The van der Waals surface area contributed by atoms with Crippen LogP contribution in [0, 0.1) is 0 Å². The summed E-state index contributed by atoms with van der Waals surface area (Å²) in [6.45, 7) is 2.53. The van der Waals surface area contributed by atoms with Crippen LogP contribution in [-0.4, -0.2) is 47.9 Å². The number of nitrogens with two attached hydrogens (primary N) is 1. The second-order valence-corrected chi connectivity index (χ2v) is 5.02. The zero-order chi connectivity index (χ0) is 15.5. The van der Waals surface area contributed by atoms with Crippen molar-refractivity contribution in [3.8, 4) is 0 Å². The number of piperazine rings is 1. The predicted octanol–water partition coefficient (Wildman–Crippen LogP) is 0.736. The Hall–Kier alpha value is -2.83. The molecule has 7 heteroatoms. The third-order valence-corrected chi connectivity index (χ3v) is 3.66. The van der Waals surface area contributed by atoms with Crippen LogP contribution >= 0.6 is 0 Å². The molecule has 0 atom stereocenters. The van der Waals surface area contributed by atoms with Crippen LogP contribution in [0.15, 0.2) is 41.1 Å². The molecule has 2 N–H and O–H groups in total. The monoisotopic (exact) mass is 300 g/mol. The van der Waals surface area contributed by atoms with Crippen LogP contribution in [0.25, 0.3) is 0 Å². The lowest BCUT2D eigenvalue weighted by Crippen LogP contribution is -2.48. The molecule has 0 spiro atoms. The Kier molecular flexibility index (Phi) is 3.78. The fourth-order valence-corrected chi connectivity index (χ4v) is 2.47. The number of hydrogen-bond acceptors (Lipinski definition) is 5. The molecule has 0 radical (unpaired) electrons. The van der Waals surface area contributed by atoms with Crippen LogP contribution in [0.1, 0.15) is 21.0 Å². The Labute approximate surface area is 127 Å². The number of furan rings is 1. The lowest BCUT2D eigenvalue weighted by molar-refractivity contribution is 0.0714. The standard InChI is InChI=1S/C15H16N4O3/c16-14(20)12-10-11(3-4-17-12)18-5-7-19(8-6-18)15(21)13-2-1-9-22-13/h1-4,9-10H,5-8H2,(H2,16,20). The van der Waals surface area contributed by atoms with Gasteiger partial charge in [-0.05, 0) is 24.3 Å². The van der Waals surface area contributed by atoms with E-state index in [9.17, 15) is 9.59 Å². The van der Waals surface area contributed by atoms with Crippen LogP contribution in [0.3, 0.4) is 0 Å². The van der Waals surface area contributed by atoms with E-state index in [1.54, 1.807) is 29.3 Å². The third-order valence-electron chi connectivity index (χ3n) is 3.66. The first-order chi connectivity index (χ1) is 10.6. The zero-order valence-electron chi connectivity index (χ0n) is 11.9. The molecule has 0 aliphatic carbocycles. The van der Waals surface area contributed by atoms with Crippen molar-refractivity contribution in [3.05, 3.63) is 48.2 Å². The average Bonchev–Trinajstić information content (AvgIpc) is 3.09. The van der Waals surface area contributed by atoms with Gasteiger partial charge in [0.05, 0.1) is 6.26 Å². The first kappa shape index (κ1) is 14.1. The Balaban J connectivity index is 1.65. The number of amides is 2. The Morgan fingerprint density at radius 2 is 1.95 bits per heavy atom. The molecule has 2 amide bonds. The van der Waals surface area contributed by atoms with Crippen LogP contribution in [0.2, 0.25) is 0 Å². The van der Waals surface area contributed by atoms with E-state index in [4.69, 9.17) is 10.2 Å². The lowest BCUT2D eigenvalue weighted by atomic mass is 10.2. The second-order valence-electron chi connectivity index (χ2n) is 5.02. The van der Waals surface area contributed by atoms with Gasteiger partial charge in [0.1, 0.15) is 5.69 Å². The van der Waals surface area contributed by atoms with Gasteiger partial charge in [-0.25, -0.2) is 0 Å². The Morgan fingerprint density at radius 1 is 1.18 bits per heavy atom. The van der Waals surface area contributed by atoms with Crippen LogP contribution in [-0.2, 0) is 0 Å². The summed E-state index contributed by atoms with van der Waals surface area (Å²) in [7, 11) is 0. The summed E-state index contributed by atoms with van der Waals surface area (Å²) in [5.41, 5.74) is 6.37. The van der Waals surface area contributed by atoms with Crippen molar-refractivity contribution in [3.63, 3.8) is 0 Å². The summed E-state index contributed by atoms with van der Waals surface area (Å²) in [6, 6.07) is 6.87. The highest BCUT2D eigenvalue weighted by Crippen LogP contribution is 2.18. The number of carbonyl (C=O) groups is 2. The molecule has 1 aliphatic rings. The Morgan fingerprint density at radius 3 is 2.59 bits per heavy atom. The minimum atomic E-state index is -0.548. The average molecular weight is 300 g/mol. The number of nitrogens with zero attached hydrogens (tertiary/aromatic N) is 3. The lowest BCUT2D eigenvalue weighted by Gasteiger charge is -2.35. The molecule has 0 aromatic carbocycles. The highest BCUT2D eigenvalue weighted by Gasteiger charge is 2.24. The number of rotatable bonds is 3. The van der Waals surface area contributed by atoms with Gasteiger partial charge in [0.2, 0.25) is 0 Å². The molecule has 7 nitrogen and oxygen atoms in total. The van der Waals surface area contributed by atoms with Crippen molar-refractivity contribution in [1.82, 2.24) is 9.88 Å². The summed E-state index contributed by atoms with van der Waals surface area (Å²) in [5.74, 6) is -0.293. The van der Waals surface area contributed by atoms with Gasteiger partial charge in [0.25, 0.3) is 11.8 Å². The SMILES string of the molecule is NC(=O)c1cc(N2CCN(C(=O)c3ccco3)CC2)ccn1. The fourth-order valence-electron chi connectivity index (χ4n) is 2.47. The van der Waals surface area contributed by atoms with Gasteiger partial charge in [-0.2, -0.15) is 0 Å². The molecule has 1 saturated heterocycles. The summed E-state index contributed by atoms with van der Waals surface area (Å²) in [6.07, 6.45) is 3.06. The van der Waals surface area contributed by atoms with Crippen molar-refractivity contribution < 1.29 is 14.0 Å². The first-order valence-electron chi connectivity index (χ1n) is 6.99. The van der Waals surface area contributed by atoms with E-state index in [2.05, 4.69) is 9.88 Å². The molecule has 22 heavy (non-hydrogen) atoms.